The predicted octanol–water partition coefficient (Wildman–Crippen LogP) is 3.24. The third kappa shape index (κ3) is 3.24. The molecule has 146 valence electrons. The van der Waals surface area contributed by atoms with E-state index < -0.39 is 17.9 Å². The maximum atomic E-state index is 13.3. The van der Waals surface area contributed by atoms with E-state index in [2.05, 4.69) is 0 Å². The summed E-state index contributed by atoms with van der Waals surface area (Å²) in [6, 6.07) is 13.7. The second-order valence-corrected chi connectivity index (χ2v) is 7.21. The number of hydrogen-bond donors (Lipinski definition) is 1. The summed E-state index contributed by atoms with van der Waals surface area (Å²) < 4.78 is 11.0. The Labute approximate surface area is 163 Å². The van der Waals surface area contributed by atoms with E-state index in [-0.39, 0.29) is 12.0 Å². The molecule has 2 aromatic carbocycles. The summed E-state index contributed by atoms with van der Waals surface area (Å²) in [5.74, 6) is -1.25. The minimum Gasteiger partial charge on any atom is -0.497 e. The number of amides is 1. The molecule has 6 nitrogen and oxygen atoms in total. The van der Waals surface area contributed by atoms with Crippen LogP contribution in [-0.4, -0.2) is 48.2 Å². The molecular formula is C22H23NO5. The highest BCUT2D eigenvalue weighted by Crippen LogP contribution is 2.43. The molecule has 0 bridgehead atoms. The van der Waals surface area contributed by atoms with Gasteiger partial charge in [0, 0.05) is 18.7 Å². The van der Waals surface area contributed by atoms with E-state index >= 15 is 0 Å². The first kappa shape index (κ1) is 18.5. The summed E-state index contributed by atoms with van der Waals surface area (Å²) in [7, 11) is 1.58. The van der Waals surface area contributed by atoms with Gasteiger partial charge in [-0.25, -0.2) is 0 Å². The number of carboxylic acids is 1. The molecule has 0 radical (unpaired) electrons. The number of nitrogens with zero attached hydrogens (tertiary/aromatic N) is 1. The molecule has 2 aliphatic heterocycles. The van der Waals surface area contributed by atoms with Gasteiger partial charge >= 0.3 is 5.97 Å². The van der Waals surface area contributed by atoms with Gasteiger partial charge in [0.25, 0.3) is 5.91 Å². The normalized spacial score (nSPS) is 24.1. The highest BCUT2D eigenvalue weighted by atomic mass is 16.5. The molecule has 4 rings (SSSR count). The Morgan fingerprint density at radius 2 is 1.96 bits per heavy atom. The fourth-order valence-corrected chi connectivity index (χ4v) is 4.24. The van der Waals surface area contributed by atoms with Gasteiger partial charge in [0.05, 0.1) is 19.3 Å². The van der Waals surface area contributed by atoms with Gasteiger partial charge in [-0.05, 0) is 42.2 Å². The van der Waals surface area contributed by atoms with Crippen molar-refractivity contribution in [3.05, 3.63) is 65.2 Å². The number of hydrogen-bond acceptors (Lipinski definition) is 4. The minimum absolute atomic E-state index is 0.0654. The molecule has 2 aromatic rings. The number of carbonyl (C=O) groups excluding carboxylic acids is 1. The quantitative estimate of drug-likeness (QED) is 0.860. The van der Waals surface area contributed by atoms with Gasteiger partial charge in [-0.3, -0.25) is 9.59 Å². The summed E-state index contributed by atoms with van der Waals surface area (Å²) in [4.78, 5) is 27.3. The van der Waals surface area contributed by atoms with Crippen LogP contribution in [0.4, 0.5) is 0 Å². The molecule has 3 atom stereocenters. The average Bonchev–Trinajstić information content (AvgIpc) is 3.23. The molecule has 0 aliphatic carbocycles. The molecule has 2 aliphatic rings. The summed E-state index contributed by atoms with van der Waals surface area (Å²) in [5, 5.41) is 10.1. The fraction of sp³-hybridized carbons (Fsp3) is 0.364. The molecule has 1 fully saturated rings. The summed E-state index contributed by atoms with van der Waals surface area (Å²) in [6.07, 6.45) is 1.77. The van der Waals surface area contributed by atoms with Crippen molar-refractivity contribution in [1.82, 2.24) is 4.90 Å². The zero-order chi connectivity index (χ0) is 19.7. The molecule has 1 N–H and O–H groups in total. The average molecular weight is 381 g/mol. The van der Waals surface area contributed by atoms with Crippen LogP contribution in [0, 0.1) is 0 Å². The van der Waals surface area contributed by atoms with Crippen LogP contribution in [0.5, 0.6) is 5.75 Å². The number of fused-ring (bicyclic) bond motifs is 1. The Morgan fingerprint density at radius 1 is 1.21 bits per heavy atom. The predicted molar refractivity (Wildman–Crippen MR) is 103 cm³/mol. The lowest BCUT2D eigenvalue weighted by Crippen LogP contribution is -2.47. The zero-order valence-corrected chi connectivity index (χ0v) is 15.7. The number of ether oxygens (including phenoxy) is 2. The van der Waals surface area contributed by atoms with Gasteiger partial charge in [0.2, 0.25) is 0 Å². The number of benzene rings is 2. The molecule has 2 heterocycles. The third-order valence-corrected chi connectivity index (χ3v) is 5.59. The molecule has 1 amide bonds. The van der Waals surface area contributed by atoms with E-state index in [0.29, 0.717) is 30.0 Å². The van der Waals surface area contributed by atoms with Crippen LogP contribution >= 0.6 is 0 Å². The lowest BCUT2D eigenvalue weighted by Gasteiger charge is -2.41. The number of carbonyl (C=O) groups is 2. The van der Waals surface area contributed by atoms with Crippen molar-refractivity contribution >= 4 is 11.9 Å². The van der Waals surface area contributed by atoms with Gasteiger partial charge < -0.3 is 19.5 Å². The van der Waals surface area contributed by atoms with Crippen molar-refractivity contribution in [2.75, 3.05) is 20.3 Å². The van der Waals surface area contributed by atoms with Crippen LogP contribution in [0.1, 0.15) is 46.3 Å². The maximum Gasteiger partial charge on any atom is 0.313 e. The molecule has 6 heteroatoms. The molecule has 0 unspecified atom stereocenters. The van der Waals surface area contributed by atoms with Gasteiger partial charge in [0.1, 0.15) is 11.7 Å². The molecule has 1 saturated heterocycles. The third-order valence-electron chi connectivity index (χ3n) is 5.59. The standard InChI is InChI=1S/C22H23NO5/c1-27-15-10-8-14(9-11-15)20-19(22(25)26)17-6-2-3-7-18(17)21(24)23(20)13-16-5-4-12-28-16/h2-3,6-11,16,19-20H,4-5,12-13H2,1H3,(H,25,26)/t16-,19+,20-/m0/s1. The smallest absolute Gasteiger partial charge is 0.313 e. The van der Waals surface area contributed by atoms with Crippen LogP contribution in [0.2, 0.25) is 0 Å². The maximum absolute atomic E-state index is 13.3. The van der Waals surface area contributed by atoms with Crippen molar-refractivity contribution in [2.45, 2.75) is 30.9 Å². The first-order valence-corrected chi connectivity index (χ1v) is 9.48. The van der Waals surface area contributed by atoms with Crippen LogP contribution in [-0.2, 0) is 9.53 Å². The first-order chi connectivity index (χ1) is 13.6. The lowest BCUT2D eigenvalue weighted by atomic mass is 9.79. The fourth-order valence-electron chi connectivity index (χ4n) is 4.24. The molecule has 0 aromatic heterocycles. The largest absolute Gasteiger partial charge is 0.497 e. The summed E-state index contributed by atoms with van der Waals surface area (Å²) >= 11 is 0. The van der Waals surface area contributed by atoms with Gasteiger partial charge in [-0.2, -0.15) is 0 Å². The number of rotatable bonds is 5. The summed E-state index contributed by atoms with van der Waals surface area (Å²) in [5.41, 5.74) is 1.79. The van der Waals surface area contributed by atoms with E-state index in [9.17, 15) is 14.7 Å². The van der Waals surface area contributed by atoms with Crippen molar-refractivity contribution in [2.24, 2.45) is 0 Å². The Kier molecular flexibility index (Phi) is 5.05. The topological polar surface area (TPSA) is 76.1 Å². The zero-order valence-electron chi connectivity index (χ0n) is 15.7. The molecular weight excluding hydrogens is 358 g/mol. The van der Waals surface area contributed by atoms with E-state index in [4.69, 9.17) is 9.47 Å². The van der Waals surface area contributed by atoms with E-state index in [0.717, 1.165) is 18.4 Å². The van der Waals surface area contributed by atoms with Gasteiger partial charge in [0.15, 0.2) is 0 Å². The molecule has 0 spiro atoms. The Morgan fingerprint density at radius 3 is 2.61 bits per heavy atom. The first-order valence-electron chi connectivity index (χ1n) is 9.48. The van der Waals surface area contributed by atoms with Crippen molar-refractivity contribution in [1.29, 1.82) is 0 Å². The Hall–Kier alpha value is -2.86. The van der Waals surface area contributed by atoms with Crippen molar-refractivity contribution in [3.63, 3.8) is 0 Å². The monoisotopic (exact) mass is 381 g/mol. The molecule has 28 heavy (non-hydrogen) atoms. The van der Waals surface area contributed by atoms with E-state index in [1.54, 1.807) is 48.4 Å². The van der Waals surface area contributed by atoms with E-state index in [1.165, 1.54) is 0 Å². The number of methoxy groups -OCH3 is 1. The minimum atomic E-state index is -0.946. The van der Waals surface area contributed by atoms with Crippen LogP contribution in [0.3, 0.4) is 0 Å². The van der Waals surface area contributed by atoms with Crippen molar-refractivity contribution in [3.8, 4) is 5.75 Å². The Bertz CT molecular complexity index is 873. The van der Waals surface area contributed by atoms with Crippen LogP contribution in [0.15, 0.2) is 48.5 Å². The highest BCUT2D eigenvalue weighted by Gasteiger charge is 2.45. The Balaban J connectivity index is 1.82. The molecule has 0 saturated carbocycles. The van der Waals surface area contributed by atoms with Crippen molar-refractivity contribution < 1.29 is 24.2 Å². The van der Waals surface area contributed by atoms with Gasteiger partial charge in [-0.1, -0.05) is 30.3 Å². The van der Waals surface area contributed by atoms with Crippen LogP contribution in [0.25, 0.3) is 0 Å². The SMILES string of the molecule is COc1ccc([C@H]2[C@H](C(=O)O)c3ccccc3C(=O)N2C[C@@H]2CCCO2)cc1. The summed E-state index contributed by atoms with van der Waals surface area (Å²) in [6.45, 7) is 1.06. The highest BCUT2D eigenvalue weighted by molar-refractivity contribution is 6.00. The van der Waals surface area contributed by atoms with Crippen LogP contribution < -0.4 is 4.74 Å². The second kappa shape index (κ2) is 7.64. The lowest BCUT2D eigenvalue weighted by molar-refractivity contribution is -0.140. The number of carboxylic acid groups (broad SMARTS) is 1. The second-order valence-electron chi connectivity index (χ2n) is 7.21. The van der Waals surface area contributed by atoms with Gasteiger partial charge in [-0.15, -0.1) is 0 Å². The van der Waals surface area contributed by atoms with E-state index in [1.807, 2.05) is 12.1 Å². The number of aliphatic carboxylic acids is 1.